The summed E-state index contributed by atoms with van der Waals surface area (Å²) < 4.78 is 57.4. The van der Waals surface area contributed by atoms with Crippen LogP contribution in [0.2, 0.25) is 0 Å². The summed E-state index contributed by atoms with van der Waals surface area (Å²) in [7, 11) is 0. The highest BCUT2D eigenvalue weighted by atomic mass is 19.4. The van der Waals surface area contributed by atoms with Gasteiger partial charge in [-0.1, -0.05) is 23.8 Å². The quantitative estimate of drug-likeness (QED) is 0.429. The van der Waals surface area contributed by atoms with Gasteiger partial charge in [0.15, 0.2) is 0 Å². The van der Waals surface area contributed by atoms with Crippen LogP contribution in [-0.4, -0.2) is 20.3 Å². The molecule has 0 fully saturated rings. The van der Waals surface area contributed by atoms with Crippen LogP contribution in [0.1, 0.15) is 22.4 Å². The van der Waals surface area contributed by atoms with E-state index in [0.717, 1.165) is 16.2 Å². The number of hydrogen-bond acceptors (Lipinski definition) is 3. The normalized spacial score (nSPS) is 11.7. The monoisotopic (exact) mass is 472 g/mol. The zero-order valence-corrected chi connectivity index (χ0v) is 18.5. The summed E-state index contributed by atoms with van der Waals surface area (Å²) >= 11 is 0. The fraction of sp³-hybridized carbons (Fsp3) is 0.208. The maximum Gasteiger partial charge on any atom is 0.417 e. The Kier molecular flexibility index (Phi) is 5.76. The number of aromatic nitrogens is 3. The van der Waals surface area contributed by atoms with Crippen molar-refractivity contribution in [3.8, 4) is 5.69 Å². The van der Waals surface area contributed by atoms with Crippen LogP contribution in [0, 0.1) is 26.6 Å². The number of aryl methyl sites for hydroxylation is 3. The molecule has 4 rings (SSSR count). The van der Waals surface area contributed by atoms with Crippen LogP contribution in [-0.2, 0) is 17.5 Å². The summed E-state index contributed by atoms with van der Waals surface area (Å²) in [6.45, 7) is 4.23. The first kappa shape index (κ1) is 23.2. The topological polar surface area (TPSA) is 68.9 Å². The molecule has 2 heterocycles. The predicted molar refractivity (Wildman–Crippen MR) is 120 cm³/mol. The summed E-state index contributed by atoms with van der Waals surface area (Å²) in [4.78, 5) is 25.5. The van der Waals surface area contributed by atoms with Crippen molar-refractivity contribution < 1.29 is 22.4 Å². The Bertz CT molecular complexity index is 1470. The van der Waals surface area contributed by atoms with Gasteiger partial charge in [0.2, 0.25) is 5.91 Å². The van der Waals surface area contributed by atoms with Crippen molar-refractivity contribution in [3.63, 3.8) is 0 Å². The van der Waals surface area contributed by atoms with Crippen molar-refractivity contribution in [2.45, 2.75) is 33.5 Å². The van der Waals surface area contributed by atoms with Crippen LogP contribution < -0.4 is 10.9 Å². The number of fused-ring (bicyclic) bond motifs is 1. The minimum atomic E-state index is -4.80. The van der Waals surface area contributed by atoms with Crippen LogP contribution in [0.5, 0.6) is 0 Å². The molecular weight excluding hydrogens is 452 g/mol. The highest BCUT2D eigenvalue weighted by molar-refractivity contribution is 5.92. The number of anilines is 1. The zero-order valence-electron chi connectivity index (χ0n) is 18.5. The lowest BCUT2D eigenvalue weighted by molar-refractivity contribution is -0.136. The number of benzene rings is 2. The van der Waals surface area contributed by atoms with Gasteiger partial charge >= 0.3 is 6.18 Å². The standard InChI is InChI=1S/C24H20F4N4O2/c1-13-4-8-17(9-5-13)32-23-22(15(3)30-32)18(24(26,27)28)11-21(34)31(23)12-20(33)29-16-7-6-14(2)19(25)10-16/h4-11H,12H2,1-3H3,(H,29,33). The van der Waals surface area contributed by atoms with E-state index in [2.05, 4.69) is 10.4 Å². The molecule has 0 aliphatic carbocycles. The Hall–Kier alpha value is -3.95. The first-order valence-electron chi connectivity index (χ1n) is 10.3. The number of amides is 1. The molecule has 34 heavy (non-hydrogen) atoms. The van der Waals surface area contributed by atoms with Crippen LogP contribution >= 0.6 is 0 Å². The molecule has 0 saturated heterocycles. The highest BCUT2D eigenvalue weighted by Gasteiger charge is 2.36. The number of halogens is 4. The third-order valence-electron chi connectivity index (χ3n) is 5.44. The van der Waals surface area contributed by atoms with E-state index in [1.54, 1.807) is 31.2 Å². The van der Waals surface area contributed by atoms with Gasteiger partial charge in [-0.3, -0.25) is 14.2 Å². The molecule has 1 amide bonds. The summed E-state index contributed by atoms with van der Waals surface area (Å²) in [5.74, 6) is -1.24. The van der Waals surface area contributed by atoms with Gasteiger partial charge in [-0.15, -0.1) is 0 Å². The molecule has 2 aromatic heterocycles. The predicted octanol–water partition coefficient (Wildman–Crippen LogP) is 4.91. The number of nitrogens with one attached hydrogen (secondary N) is 1. The van der Waals surface area contributed by atoms with Crippen LogP contribution in [0.15, 0.2) is 53.3 Å². The van der Waals surface area contributed by atoms with E-state index in [9.17, 15) is 27.2 Å². The van der Waals surface area contributed by atoms with E-state index < -0.39 is 35.6 Å². The van der Waals surface area contributed by atoms with E-state index in [1.807, 2.05) is 6.92 Å². The fourth-order valence-corrected chi connectivity index (χ4v) is 3.71. The Labute approximate surface area is 191 Å². The lowest BCUT2D eigenvalue weighted by Gasteiger charge is -2.15. The van der Waals surface area contributed by atoms with Crippen LogP contribution in [0.3, 0.4) is 0 Å². The van der Waals surface area contributed by atoms with Gasteiger partial charge in [0.1, 0.15) is 18.0 Å². The number of alkyl halides is 3. The molecule has 0 saturated carbocycles. The number of pyridine rings is 1. The largest absolute Gasteiger partial charge is 0.417 e. The SMILES string of the molecule is Cc1ccc(-n2nc(C)c3c(C(F)(F)F)cc(=O)n(CC(=O)Nc4ccc(C)c(F)c4)c32)cc1. The van der Waals surface area contributed by atoms with E-state index in [-0.39, 0.29) is 22.4 Å². The third kappa shape index (κ3) is 4.30. The Morgan fingerprint density at radius 2 is 1.71 bits per heavy atom. The van der Waals surface area contributed by atoms with E-state index in [1.165, 1.54) is 23.7 Å². The lowest BCUT2D eigenvalue weighted by atomic mass is 10.1. The average molecular weight is 472 g/mol. The molecule has 4 aromatic rings. The van der Waals surface area contributed by atoms with Gasteiger partial charge in [0, 0.05) is 11.8 Å². The van der Waals surface area contributed by atoms with Crippen molar-refractivity contribution in [2.24, 2.45) is 0 Å². The number of nitrogens with zero attached hydrogens (tertiary/aromatic N) is 3. The number of carbonyl (C=O) groups is 1. The first-order valence-corrected chi connectivity index (χ1v) is 10.3. The van der Waals surface area contributed by atoms with Gasteiger partial charge in [-0.05, 0) is 50.6 Å². The van der Waals surface area contributed by atoms with Gasteiger partial charge in [0.05, 0.1) is 22.3 Å². The summed E-state index contributed by atoms with van der Waals surface area (Å²) in [5, 5.41) is 6.46. The molecule has 0 aliphatic rings. The Balaban J connectivity index is 1.87. The lowest BCUT2D eigenvalue weighted by Crippen LogP contribution is -2.30. The molecule has 1 N–H and O–H groups in total. The van der Waals surface area contributed by atoms with Gasteiger partial charge in [0.25, 0.3) is 5.56 Å². The van der Waals surface area contributed by atoms with Crippen molar-refractivity contribution in [3.05, 3.63) is 87.1 Å². The Morgan fingerprint density at radius 3 is 2.32 bits per heavy atom. The fourth-order valence-electron chi connectivity index (χ4n) is 3.71. The number of carbonyl (C=O) groups excluding carboxylic acids is 1. The van der Waals surface area contributed by atoms with Gasteiger partial charge in [-0.2, -0.15) is 18.3 Å². The van der Waals surface area contributed by atoms with Gasteiger partial charge < -0.3 is 5.32 Å². The van der Waals surface area contributed by atoms with E-state index in [4.69, 9.17) is 0 Å². The smallest absolute Gasteiger partial charge is 0.324 e. The zero-order chi connectivity index (χ0) is 24.8. The molecular formula is C24H20F4N4O2. The number of rotatable bonds is 4. The molecule has 6 nitrogen and oxygen atoms in total. The third-order valence-corrected chi connectivity index (χ3v) is 5.44. The summed E-state index contributed by atoms with van der Waals surface area (Å²) in [6.07, 6.45) is -4.80. The molecule has 0 unspecified atom stereocenters. The molecule has 0 spiro atoms. The molecule has 0 aliphatic heterocycles. The molecule has 176 valence electrons. The molecule has 10 heteroatoms. The van der Waals surface area contributed by atoms with Crippen molar-refractivity contribution in [1.29, 1.82) is 0 Å². The second kappa shape index (κ2) is 8.44. The maximum absolute atomic E-state index is 13.8. The summed E-state index contributed by atoms with van der Waals surface area (Å²) in [5.41, 5.74) is -0.348. The second-order valence-electron chi connectivity index (χ2n) is 8.02. The van der Waals surface area contributed by atoms with Crippen molar-refractivity contribution in [1.82, 2.24) is 14.3 Å². The minimum absolute atomic E-state index is 0.0534. The molecule has 0 radical (unpaired) electrons. The van der Waals surface area contributed by atoms with Gasteiger partial charge in [-0.25, -0.2) is 9.07 Å². The molecule has 2 aromatic carbocycles. The van der Waals surface area contributed by atoms with Crippen molar-refractivity contribution in [2.75, 3.05) is 5.32 Å². The van der Waals surface area contributed by atoms with Crippen molar-refractivity contribution >= 4 is 22.6 Å². The Morgan fingerprint density at radius 1 is 1.03 bits per heavy atom. The number of hydrogen-bond donors (Lipinski definition) is 1. The minimum Gasteiger partial charge on any atom is -0.324 e. The van der Waals surface area contributed by atoms with E-state index in [0.29, 0.717) is 17.3 Å². The molecule has 0 atom stereocenters. The van der Waals surface area contributed by atoms with E-state index >= 15 is 0 Å². The molecule has 0 bridgehead atoms. The maximum atomic E-state index is 13.8. The van der Waals surface area contributed by atoms with Crippen LogP contribution in [0.4, 0.5) is 23.2 Å². The first-order chi connectivity index (χ1) is 16.0. The second-order valence-corrected chi connectivity index (χ2v) is 8.02. The highest BCUT2D eigenvalue weighted by Crippen LogP contribution is 2.36. The summed E-state index contributed by atoms with van der Waals surface area (Å²) in [6, 6.07) is 11.4. The van der Waals surface area contributed by atoms with Crippen LogP contribution in [0.25, 0.3) is 16.7 Å². The average Bonchev–Trinajstić information content (AvgIpc) is 3.09.